The minimum absolute atomic E-state index is 0.129. The van der Waals surface area contributed by atoms with Gasteiger partial charge in [0.25, 0.3) is 0 Å². The van der Waals surface area contributed by atoms with E-state index in [0.29, 0.717) is 24.2 Å². The molecule has 1 aliphatic heterocycles. The third-order valence-electron chi connectivity index (χ3n) is 4.34. The van der Waals surface area contributed by atoms with E-state index in [2.05, 4.69) is 49.7 Å². The molecule has 0 radical (unpaired) electrons. The zero-order valence-electron chi connectivity index (χ0n) is 15.1. The summed E-state index contributed by atoms with van der Waals surface area (Å²) in [5.74, 6) is 1.05. The van der Waals surface area contributed by atoms with Gasteiger partial charge < -0.3 is 15.4 Å². The third kappa shape index (κ3) is 4.41. The molecule has 26 heavy (non-hydrogen) atoms. The van der Waals surface area contributed by atoms with E-state index in [4.69, 9.17) is 10.00 Å². The van der Waals surface area contributed by atoms with Crippen LogP contribution in [0.25, 0.3) is 0 Å². The molecule has 0 saturated carbocycles. The van der Waals surface area contributed by atoms with Crippen molar-refractivity contribution in [3.05, 3.63) is 29.8 Å². The molecule has 2 unspecified atom stereocenters. The number of nitriles is 1. The van der Waals surface area contributed by atoms with E-state index in [9.17, 15) is 0 Å². The first-order valence-corrected chi connectivity index (χ1v) is 8.44. The summed E-state index contributed by atoms with van der Waals surface area (Å²) in [6, 6.07) is 4.25. The normalized spacial score (nSPS) is 20.4. The van der Waals surface area contributed by atoms with Crippen LogP contribution in [0.15, 0.2) is 18.5 Å². The molecule has 9 nitrogen and oxygen atoms in total. The number of anilines is 3. The van der Waals surface area contributed by atoms with Crippen molar-refractivity contribution in [3.8, 4) is 6.07 Å². The fourth-order valence-electron chi connectivity index (χ4n) is 2.58. The Labute approximate surface area is 152 Å². The lowest BCUT2D eigenvalue weighted by Crippen LogP contribution is -2.48. The van der Waals surface area contributed by atoms with Crippen molar-refractivity contribution in [2.24, 2.45) is 0 Å². The Morgan fingerprint density at radius 1 is 1.31 bits per heavy atom. The van der Waals surface area contributed by atoms with E-state index in [-0.39, 0.29) is 11.8 Å². The zero-order chi connectivity index (χ0) is 18.5. The van der Waals surface area contributed by atoms with Gasteiger partial charge in [-0.3, -0.25) is 4.90 Å². The highest BCUT2D eigenvalue weighted by molar-refractivity contribution is 5.59. The van der Waals surface area contributed by atoms with Crippen LogP contribution in [0.4, 0.5) is 17.3 Å². The van der Waals surface area contributed by atoms with Gasteiger partial charge in [0, 0.05) is 25.2 Å². The molecule has 2 aromatic heterocycles. The summed E-state index contributed by atoms with van der Waals surface area (Å²) in [7, 11) is 2.11. The molecular formula is C17H22N8O. The highest BCUT2D eigenvalue weighted by atomic mass is 16.5. The van der Waals surface area contributed by atoms with Crippen LogP contribution < -0.4 is 10.6 Å². The van der Waals surface area contributed by atoms with Crippen LogP contribution in [-0.2, 0) is 4.74 Å². The van der Waals surface area contributed by atoms with E-state index in [1.54, 1.807) is 0 Å². The molecule has 3 heterocycles. The topological polar surface area (TPSA) is 112 Å². The summed E-state index contributed by atoms with van der Waals surface area (Å²) in [6.45, 7) is 6.37. The number of ether oxygens (including phenoxy) is 1. The zero-order valence-corrected chi connectivity index (χ0v) is 15.1. The van der Waals surface area contributed by atoms with Crippen LogP contribution in [0, 0.1) is 18.3 Å². The highest BCUT2D eigenvalue weighted by Gasteiger charge is 2.23. The van der Waals surface area contributed by atoms with Crippen LogP contribution in [0.1, 0.15) is 18.3 Å². The minimum Gasteiger partial charge on any atom is -0.381 e. The summed E-state index contributed by atoms with van der Waals surface area (Å²) in [4.78, 5) is 10.4. The van der Waals surface area contributed by atoms with Crippen molar-refractivity contribution < 1.29 is 4.74 Å². The lowest BCUT2D eigenvalue weighted by Gasteiger charge is -2.35. The van der Waals surface area contributed by atoms with Gasteiger partial charge >= 0.3 is 0 Å². The molecule has 136 valence electrons. The molecule has 0 aromatic carbocycles. The molecule has 1 aliphatic rings. The maximum Gasteiger partial charge on any atom is 0.158 e. The molecular weight excluding hydrogens is 332 g/mol. The Hall–Kier alpha value is -2.83. The van der Waals surface area contributed by atoms with E-state index >= 15 is 0 Å². The summed E-state index contributed by atoms with van der Waals surface area (Å²) in [5, 5.41) is 23.5. The van der Waals surface area contributed by atoms with Gasteiger partial charge in [0.2, 0.25) is 0 Å². The number of rotatable bonds is 5. The molecule has 1 fully saturated rings. The average Bonchev–Trinajstić information content (AvgIpc) is 2.65. The van der Waals surface area contributed by atoms with Crippen molar-refractivity contribution in [1.29, 1.82) is 5.26 Å². The summed E-state index contributed by atoms with van der Waals surface area (Å²) >= 11 is 0. The molecule has 0 spiro atoms. The molecule has 3 rings (SSSR count). The number of aromatic nitrogens is 4. The van der Waals surface area contributed by atoms with Crippen molar-refractivity contribution in [2.45, 2.75) is 26.0 Å². The van der Waals surface area contributed by atoms with Gasteiger partial charge in [0.05, 0.1) is 36.5 Å². The van der Waals surface area contributed by atoms with Crippen molar-refractivity contribution >= 4 is 17.3 Å². The first kappa shape index (κ1) is 18.0. The van der Waals surface area contributed by atoms with Crippen LogP contribution in [-0.4, -0.2) is 64.0 Å². The Morgan fingerprint density at radius 3 is 2.85 bits per heavy atom. The van der Waals surface area contributed by atoms with Gasteiger partial charge in [-0.15, -0.1) is 5.10 Å². The van der Waals surface area contributed by atoms with Crippen LogP contribution in [0.5, 0.6) is 0 Å². The Balaban J connectivity index is 1.63. The van der Waals surface area contributed by atoms with Gasteiger partial charge in [0.15, 0.2) is 11.5 Å². The van der Waals surface area contributed by atoms with Gasteiger partial charge in [-0.05, 0) is 20.9 Å². The summed E-state index contributed by atoms with van der Waals surface area (Å²) in [6.07, 6.45) is 3.02. The SMILES string of the molecule is Cc1nnc(Nc2cnc(C#N)cn2)cc1NCC1CN(C)C(C)CO1. The van der Waals surface area contributed by atoms with Gasteiger partial charge in [-0.2, -0.15) is 10.4 Å². The largest absolute Gasteiger partial charge is 0.381 e. The lowest BCUT2D eigenvalue weighted by atomic mass is 10.2. The molecule has 2 N–H and O–H groups in total. The van der Waals surface area contributed by atoms with Gasteiger partial charge in [-0.25, -0.2) is 9.97 Å². The van der Waals surface area contributed by atoms with Crippen molar-refractivity contribution in [3.63, 3.8) is 0 Å². The summed E-state index contributed by atoms with van der Waals surface area (Å²) in [5.41, 5.74) is 1.95. The highest BCUT2D eigenvalue weighted by Crippen LogP contribution is 2.19. The number of hydrogen-bond acceptors (Lipinski definition) is 9. The number of morpholine rings is 1. The second-order valence-electron chi connectivity index (χ2n) is 6.38. The molecule has 1 saturated heterocycles. The number of likely N-dealkylation sites (N-methyl/N-ethyl adjacent to an activating group) is 1. The smallest absolute Gasteiger partial charge is 0.158 e. The fraction of sp³-hybridized carbons (Fsp3) is 0.471. The number of hydrogen-bond donors (Lipinski definition) is 2. The van der Waals surface area contributed by atoms with E-state index in [0.717, 1.165) is 24.5 Å². The third-order valence-corrected chi connectivity index (χ3v) is 4.34. The lowest BCUT2D eigenvalue weighted by molar-refractivity contribution is -0.0414. The predicted octanol–water partition coefficient (Wildman–Crippen LogP) is 1.32. The fourth-order valence-corrected chi connectivity index (χ4v) is 2.58. The molecule has 0 amide bonds. The molecule has 2 aromatic rings. The number of nitrogens with zero attached hydrogens (tertiary/aromatic N) is 6. The second-order valence-corrected chi connectivity index (χ2v) is 6.38. The second kappa shape index (κ2) is 8.03. The first-order chi connectivity index (χ1) is 12.5. The Kier molecular flexibility index (Phi) is 5.55. The predicted molar refractivity (Wildman–Crippen MR) is 97.1 cm³/mol. The molecule has 0 bridgehead atoms. The molecule has 2 atom stereocenters. The number of aryl methyl sites for hydroxylation is 1. The van der Waals surface area contributed by atoms with E-state index in [1.165, 1.54) is 12.4 Å². The van der Waals surface area contributed by atoms with E-state index in [1.807, 2.05) is 19.1 Å². The summed E-state index contributed by atoms with van der Waals surface area (Å²) < 4.78 is 5.87. The van der Waals surface area contributed by atoms with Gasteiger partial charge in [0.1, 0.15) is 11.9 Å². The van der Waals surface area contributed by atoms with E-state index < -0.39 is 0 Å². The Bertz CT molecular complexity index is 788. The molecule has 0 aliphatic carbocycles. The van der Waals surface area contributed by atoms with Crippen molar-refractivity contribution in [2.75, 3.05) is 37.4 Å². The maximum atomic E-state index is 8.77. The standard InChI is InChI=1S/C17H22N8O/c1-11-10-26-14(9-25(11)3)7-20-15-4-16(24-23-12(15)2)22-17-8-19-13(5-18)6-21-17/h4,6,8,11,14H,7,9-10H2,1-3H3,(H2,20,21,22,24). The van der Waals surface area contributed by atoms with Crippen LogP contribution >= 0.6 is 0 Å². The monoisotopic (exact) mass is 354 g/mol. The van der Waals surface area contributed by atoms with Crippen LogP contribution in [0.3, 0.4) is 0 Å². The maximum absolute atomic E-state index is 8.77. The van der Waals surface area contributed by atoms with Crippen molar-refractivity contribution in [1.82, 2.24) is 25.1 Å². The minimum atomic E-state index is 0.129. The van der Waals surface area contributed by atoms with Crippen LogP contribution in [0.2, 0.25) is 0 Å². The number of nitrogens with one attached hydrogen (secondary N) is 2. The Morgan fingerprint density at radius 2 is 2.15 bits per heavy atom. The van der Waals surface area contributed by atoms with Gasteiger partial charge in [-0.1, -0.05) is 0 Å². The molecule has 9 heteroatoms. The first-order valence-electron chi connectivity index (χ1n) is 8.44. The average molecular weight is 354 g/mol. The quantitative estimate of drug-likeness (QED) is 0.821.